The monoisotopic (exact) mass is 260 g/mol. The minimum absolute atomic E-state index is 0.00548. The molecule has 1 aromatic rings. The lowest BCUT2D eigenvalue weighted by molar-refractivity contribution is -0.124. The van der Waals surface area contributed by atoms with E-state index in [1.165, 1.54) is 6.08 Å². The average molecular weight is 260 g/mol. The Balaban J connectivity index is 2.22. The highest BCUT2D eigenvalue weighted by molar-refractivity contribution is 5.91. The van der Waals surface area contributed by atoms with Crippen LogP contribution in [0, 0.1) is 5.92 Å². The van der Waals surface area contributed by atoms with Crippen LogP contribution in [0.15, 0.2) is 36.4 Å². The zero-order valence-electron chi connectivity index (χ0n) is 11.3. The molecule has 0 spiro atoms. The molecule has 0 radical (unpaired) electrons. The topological polar surface area (TPSA) is 58.2 Å². The largest absolute Gasteiger partial charge is 0.354 e. The summed E-state index contributed by atoms with van der Waals surface area (Å²) in [4.78, 5) is 22.7. The second kappa shape index (κ2) is 8.08. The number of benzene rings is 1. The fourth-order valence-electron chi connectivity index (χ4n) is 1.37. The normalized spacial score (nSPS) is 10.7. The van der Waals surface area contributed by atoms with E-state index in [0.29, 0.717) is 13.1 Å². The van der Waals surface area contributed by atoms with Gasteiger partial charge in [-0.2, -0.15) is 0 Å². The number of carbonyl (C=O) groups is 2. The maximum atomic E-state index is 11.5. The molecule has 0 aliphatic rings. The highest BCUT2D eigenvalue weighted by Crippen LogP contribution is 2.00. The van der Waals surface area contributed by atoms with Crippen molar-refractivity contribution in [3.8, 4) is 0 Å². The highest BCUT2D eigenvalue weighted by atomic mass is 16.2. The van der Waals surface area contributed by atoms with Gasteiger partial charge in [-0.1, -0.05) is 44.2 Å². The maximum absolute atomic E-state index is 11.5. The Kier molecular flexibility index (Phi) is 6.36. The summed E-state index contributed by atoms with van der Waals surface area (Å²) in [6.07, 6.45) is 3.24. The van der Waals surface area contributed by atoms with Crippen molar-refractivity contribution in [1.82, 2.24) is 10.6 Å². The van der Waals surface area contributed by atoms with Crippen LogP contribution >= 0.6 is 0 Å². The molecule has 0 fully saturated rings. The molecule has 0 atom stereocenters. The first-order valence-electron chi connectivity index (χ1n) is 6.38. The first kappa shape index (κ1) is 15.0. The SMILES string of the molecule is CC(C)C(=O)NCCNC(=O)/C=C/c1ccccc1. The second-order valence-corrected chi connectivity index (χ2v) is 4.48. The van der Waals surface area contributed by atoms with Crippen molar-refractivity contribution in [3.63, 3.8) is 0 Å². The summed E-state index contributed by atoms with van der Waals surface area (Å²) in [6, 6.07) is 9.60. The van der Waals surface area contributed by atoms with Crippen LogP contribution in [0.25, 0.3) is 6.08 Å². The summed E-state index contributed by atoms with van der Waals surface area (Å²) in [5.41, 5.74) is 0.978. The summed E-state index contributed by atoms with van der Waals surface area (Å²) in [5.74, 6) is -0.203. The van der Waals surface area contributed by atoms with Gasteiger partial charge < -0.3 is 10.6 Å². The lowest BCUT2D eigenvalue weighted by atomic mass is 10.2. The molecule has 1 rings (SSSR count). The summed E-state index contributed by atoms with van der Waals surface area (Å²) in [7, 11) is 0. The van der Waals surface area contributed by atoms with E-state index in [4.69, 9.17) is 0 Å². The smallest absolute Gasteiger partial charge is 0.244 e. The van der Waals surface area contributed by atoms with E-state index < -0.39 is 0 Å². The molecule has 0 saturated carbocycles. The van der Waals surface area contributed by atoms with Gasteiger partial charge in [-0.15, -0.1) is 0 Å². The summed E-state index contributed by atoms with van der Waals surface area (Å²) < 4.78 is 0. The second-order valence-electron chi connectivity index (χ2n) is 4.48. The quantitative estimate of drug-likeness (QED) is 0.603. The molecule has 1 aromatic carbocycles. The number of carbonyl (C=O) groups excluding carboxylic acids is 2. The molecule has 0 unspecified atom stereocenters. The van der Waals surface area contributed by atoms with Crippen LogP contribution in [0.4, 0.5) is 0 Å². The number of amides is 2. The van der Waals surface area contributed by atoms with Crippen LogP contribution in [-0.4, -0.2) is 24.9 Å². The van der Waals surface area contributed by atoms with E-state index in [2.05, 4.69) is 10.6 Å². The predicted octanol–water partition coefficient (Wildman–Crippen LogP) is 1.59. The molecule has 2 amide bonds. The van der Waals surface area contributed by atoms with Gasteiger partial charge in [0.05, 0.1) is 0 Å². The number of hydrogen-bond donors (Lipinski definition) is 2. The van der Waals surface area contributed by atoms with Gasteiger partial charge in [0.25, 0.3) is 0 Å². The third-order valence-corrected chi connectivity index (χ3v) is 2.47. The minimum Gasteiger partial charge on any atom is -0.354 e. The molecule has 0 aromatic heterocycles. The van der Waals surface area contributed by atoms with Crippen molar-refractivity contribution in [3.05, 3.63) is 42.0 Å². The molecule has 0 aliphatic heterocycles. The lowest BCUT2D eigenvalue weighted by Crippen LogP contribution is -2.35. The van der Waals surface area contributed by atoms with E-state index in [-0.39, 0.29) is 17.7 Å². The Labute approximate surface area is 113 Å². The van der Waals surface area contributed by atoms with Crippen molar-refractivity contribution in [2.75, 3.05) is 13.1 Å². The fourth-order valence-corrected chi connectivity index (χ4v) is 1.37. The molecule has 0 bridgehead atoms. The fraction of sp³-hybridized carbons (Fsp3) is 0.333. The van der Waals surface area contributed by atoms with Gasteiger partial charge in [-0.3, -0.25) is 9.59 Å². The van der Waals surface area contributed by atoms with Gasteiger partial charge in [0.2, 0.25) is 11.8 Å². The predicted molar refractivity (Wildman–Crippen MR) is 76.3 cm³/mol. The van der Waals surface area contributed by atoms with Crippen LogP contribution in [-0.2, 0) is 9.59 Å². The molecule has 4 heteroatoms. The van der Waals surface area contributed by atoms with E-state index in [0.717, 1.165) is 5.56 Å². The number of rotatable bonds is 6. The first-order chi connectivity index (χ1) is 9.09. The molecule has 19 heavy (non-hydrogen) atoms. The third kappa shape index (κ3) is 6.41. The van der Waals surface area contributed by atoms with Gasteiger partial charge >= 0.3 is 0 Å². The summed E-state index contributed by atoms with van der Waals surface area (Å²) in [5, 5.41) is 5.44. The Morgan fingerprint density at radius 1 is 1.11 bits per heavy atom. The standard InChI is InChI=1S/C15H20N2O2/c1-12(2)15(19)17-11-10-16-14(18)9-8-13-6-4-3-5-7-13/h3-9,12H,10-11H2,1-2H3,(H,16,18)(H,17,19)/b9-8+. The van der Waals surface area contributed by atoms with Crippen molar-refractivity contribution in [1.29, 1.82) is 0 Å². The molecule has 102 valence electrons. The van der Waals surface area contributed by atoms with Crippen LogP contribution in [0.5, 0.6) is 0 Å². The number of nitrogens with one attached hydrogen (secondary N) is 2. The first-order valence-corrected chi connectivity index (χ1v) is 6.38. The Morgan fingerprint density at radius 2 is 1.74 bits per heavy atom. The van der Waals surface area contributed by atoms with E-state index >= 15 is 0 Å². The zero-order valence-corrected chi connectivity index (χ0v) is 11.3. The van der Waals surface area contributed by atoms with Crippen molar-refractivity contribution in [2.24, 2.45) is 5.92 Å². The number of hydrogen-bond acceptors (Lipinski definition) is 2. The van der Waals surface area contributed by atoms with Crippen LogP contribution in [0.1, 0.15) is 19.4 Å². The Hall–Kier alpha value is -2.10. The van der Waals surface area contributed by atoms with Crippen LogP contribution < -0.4 is 10.6 Å². The lowest BCUT2D eigenvalue weighted by Gasteiger charge is -2.07. The van der Waals surface area contributed by atoms with E-state index in [1.54, 1.807) is 6.08 Å². The average Bonchev–Trinajstić information content (AvgIpc) is 2.42. The van der Waals surface area contributed by atoms with Crippen LogP contribution in [0.3, 0.4) is 0 Å². The van der Waals surface area contributed by atoms with Crippen molar-refractivity contribution in [2.45, 2.75) is 13.8 Å². The summed E-state index contributed by atoms with van der Waals surface area (Å²) in [6.45, 7) is 4.53. The third-order valence-electron chi connectivity index (χ3n) is 2.47. The van der Waals surface area contributed by atoms with Crippen LogP contribution in [0.2, 0.25) is 0 Å². The zero-order chi connectivity index (χ0) is 14.1. The molecular formula is C15H20N2O2. The van der Waals surface area contributed by atoms with Gasteiger partial charge in [0, 0.05) is 25.1 Å². The van der Waals surface area contributed by atoms with Gasteiger partial charge in [0.15, 0.2) is 0 Å². The summed E-state index contributed by atoms with van der Waals surface area (Å²) >= 11 is 0. The minimum atomic E-state index is -0.164. The van der Waals surface area contributed by atoms with Gasteiger partial charge in [0.1, 0.15) is 0 Å². The molecule has 0 heterocycles. The highest BCUT2D eigenvalue weighted by Gasteiger charge is 2.04. The molecule has 0 saturated heterocycles. The molecule has 2 N–H and O–H groups in total. The molecule has 4 nitrogen and oxygen atoms in total. The Bertz CT molecular complexity index is 439. The molecule has 0 aliphatic carbocycles. The van der Waals surface area contributed by atoms with Gasteiger partial charge in [-0.05, 0) is 11.6 Å². The molecular weight excluding hydrogens is 240 g/mol. The Morgan fingerprint density at radius 3 is 2.37 bits per heavy atom. The van der Waals surface area contributed by atoms with E-state index in [1.807, 2.05) is 44.2 Å². The maximum Gasteiger partial charge on any atom is 0.244 e. The van der Waals surface area contributed by atoms with Crippen molar-refractivity contribution < 1.29 is 9.59 Å². The van der Waals surface area contributed by atoms with Crippen molar-refractivity contribution >= 4 is 17.9 Å². The van der Waals surface area contributed by atoms with E-state index in [9.17, 15) is 9.59 Å². The van der Waals surface area contributed by atoms with Gasteiger partial charge in [-0.25, -0.2) is 0 Å².